The van der Waals surface area contributed by atoms with Crippen LogP contribution < -0.4 is 5.32 Å². The maximum Gasteiger partial charge on any atom is 0.239 e. The first-order chi connectivity index (χ1) is 14.1. The Hall–Kier alpha value is -2.37. The van der Waals surface area contributed by atoms with Crippen molar-refractivity contribution in [1.82, 2.24) is 15.1 Å². The lowest BCUT2D eigenvalue weighted by molar-refractivity contribution is -0.135. The molecule has 3 aliphatic rings. The van der Waals surface area contributed by atoms with Gasteiger partial charge in [0.2, 0.25) is 17.7 Å². The second-order valence-corrected chi connectivity index (χ2v) is 8.80. The van der Waals surface area contributed by atoms with Gasteiger partial charge in [-0.3, -0.25) is 14.4 Å². The van der Waals surface area contributed by atoms with Crippen LogP contribution in [0.1, 0.15) is 63.4 Å². The minimum atomic E-state index is -0.265. The standard InChI is InChI=1S/C23H31N3O3/c27-20(24-19-8-4-5-9-19)17-25-15-14-23(12-10-21(25)28)13-11-22(29)26(23)16-18-6-2-1-3-7-18/h1-3,6-7,19H,4-5,8-17H2,(H,24,27). The van der Waals surface area contributed by atoms with Crippen LogP contribution in [0, 0.1) is 0 Å². The van der Waals surface area contributed by atoms with Crippen molar-refractivity contribution in [2.24, 2.45) is 0 Å². The third kappa shape index (κ3) is 4.46. The van der Waals surface area contributed by atoms with Gasteiger partial charge in [0.05, 0.1) is 6.54 Å². The number of carbonyl (C=O) groups is 3. The van der Waals surface area contributed by atoms with Gasteiger partial charge >= 0.3 is 0 Å². The van der Waals surface area contributed by atoms with Crippen LogP contribution in [-0.2, 0) is 20.9 Å². The van der Waals surface area contributed by atoms with E-state index in [2.05, 4.69) is 5.32 Å². The van der Waals surface area contributed by atoms with Crippen molar-refractivity contribution in [2.75, 3.05) is 13.1 Å². The summed E-state index contributed by atoms with van der Waals surface area (Å²) in [4.78, 5) is 41.5. The predicted molar refractivity (Wildman–Crippen MR) is 110 cm³/mol. The van der Waals surface area contributed by atoms with E-state index < -0.39 is 0 Å². The van der Waals surface area contributed by atoms with E-state index in [1.807, 2.05) is 35.2 Å². The molecule has 1 aliphatic carbocycles. The summed E-state index contributed by atoms with van der Waals surface area (Å²) in [6, 6.07) is 10.3. The fourth-order valence-corrected chi connectivity index (χ4v) is 5.19. The minimum absolute atomic E-state index is 0.0301. The molecule has 2 aliphatic heterocycles. The third-order valence-electron chi connectivity index (χ3n) is 6.92. The van der Waals surface area contributed by atoms with Gasteiger partial charge in [-0.1, -0.05) is 43.2 Å². The average Bonchev–Trinajstić information content (AvgIpc) is 3.30. The zero-order valence-corrected chi connectivity index (χ0v) is 17.1. The Kier molecular flexibility index (Phi) is 5.88. The molecular formula is C23H31N3O3. The maximum atomic E-state index is 12.7. The maximum absolute atomic E-state index is 12.7. The van der Waals surface area contributed by atoms with E-state index in [9.17, 15) is 14.4 Å². The molecule has 2 saturated heterocycles. The summed E-state index contributed by atoms with van der Waals surface area (Å²) < 4.78 is 0. The number of nitrogens with zero attached hydrogens (tertiary/aromatic N) is 2. The molecule has 1 aromatic rings. The number of rotatable bonds is 5. The molecular weight excluding hydrogens is 366 g/mol. The van der Waals surface area contributed by atoms with Crippen LogP contribution >= 0.6 is 0 Å². The zero-order chi connectivity index (χ0) is 20.3. The quantitative estimate of drug-likeness (QED) is 0.830. The number of carbonyl (C=O) groups excluding carboxylic acids is 3. The van der Waals surface area contributed by atoms with Crippen molar-refractivity contribution < 1.29 is 14.4 Å². The summed E-state index contributed by atoms with van der Waals surface area (Å²) in [5.41, 5.74) is 0.852. The molecule has 1 aromatic carbocycles. The Morgan fingerprint density at radius 1 is 1.00 bits per heavy atom. The van der Waals surface area contributed by atoms with Crippen LogP contribution in [0.3, 0.4) is 0 Å². The molecule has 2 heterocycles. The monoisotopic (exact) mass is 397 g/mol. The van der Waals surface area contributed by atoms with Gasteiger partial charge in [-0.05, 0) is 37.7 Å². The molecule has 0 radical (unpaired) electrons. The van der Waals surface area contributed by atoms with E-state index in [-0.39, 0.29) is 35.8 Å². The van der Waals surface area contributed by atoms with Crippen LogP contribution in [0.25, 0.3) is 0 Å². The molecule has 3 fully saturated rings. The molecule has 6 heteroatoms. The van der Waals surface area contributed by atoms with Crippen LogP contribution in [0.4, 0.5) is 0 Å². The number of hydrogen-bond donors (Lipinski definition) is 1. The van der Waals surface area contributed by atoms with Gasteiger partial charge < -0.3 is 15.1 Å². The summed E-state index contributed by atoms with van der Waals surface area (Å²) in [6.45, 7) is 1.27. The molecule has 29 heavy (non-hydrogen) atoms. The highest BCUT2D eigenvalue weighted by atomic mass is 16.2. The topological polar surface area (TPSA) is 69.7 Å². The van der Waals surface area contributed by atoms with Crippen molar-refractivity contribution in [3.63, 3.8) is 0 Å². The lowest BCUT2D eigenvalue weighted by atomic mass is 9.87. The summed E-state index contributed by atoms with van der Waals surface area (Å²) in [5, 5.41) is 3.08. The van der Waals surface area contributed by atoms with Gasteiger partial charge in [-0.2, -0.15) is 0 Å². The van der Waals surface area contributed by atoms with E-state index in [1.165, 1.54) is 12.8 Å². The van der Waals surface area contributed by atoms with Gasteiger partial charge in [0, 0.05) is 37.5 Å². The lowest BCUT2D eigenvalue weighted by Crippen LogP contribution is -2.46. The molecule has 0 bridgehead atoms. The number of amides is 3. The molecule has 1 spiro atoms. The first-order valence-corrected chi connectivity index (χ1v) is 11.0. The van der Waals surface area contributed by atoms with Crippen LogP contribution in [0.2, 0.25) is 0 Å². The molecule has 1 saturated carbocycles. The molecule has 4 rings (SSSR count). The average molecular weight is 398 g/mol. The van der Waals surface area contributed by atoms with Crippen LogP contribution in [-0.4, -0.2) is 52.2 Å². The van der Waals surface area contributed by atoms with Gasteiger partial charge in [0.25, 0.3) is 0 Å². The normalized spacial score (nSPS) is 25.7. The van der Waals surface area contributed by atoms with Crippen molar-refractivity contribution in [3.8, 4) is 0 Å². The first-order valence-electron chi connectivity index (χ1n) is 11.0. The van der Waals surface area contributed by atoms with Crippen LogP contribution in [0.5, 0.6) is 0 Å². The highest BCUT2D eigenvalue weighted by Crippen LogP contribution is 2.40. The smallest absolute Gasteiger partial charge is 0.239 e. The minimum Gasteiger partial charge on any atom is -0.352 e. The summed E-state index contributed by atoms with van der Waals surface area (Å²) >= 11 is 0. The Labute approximate surface area is 172 Å². The predicted octanol–water partition coefficient (Wildman–Crippen LogP) is 2.62. The number of likely N-dealkylation sites (tertiary alicyclic amines) is 2. The van der Waals surface area contributed by atoms with E-state index in [1.54, 1.807) is 4.90 Å². The molecule has 156 valence electrons. The second-order valence-electron chi connectivity index (χ2n) is 8.80. The third-order valence-corrected chi connectivity index (χ3v) is 6.92. The Morgan fingerprint density at radius 2 is 1.69 bits per heavy atom. The fourth-order valence-electron chi connectivity index (χ4n) is 5.19. The van der Waals surface area contributed by atoms with Gasteiger partial charge in [-0.25, -0.2) is 0 Å². The molecule has 1 unspecified atom stereocenters. The lowest BCUT2D eigenvalue weighted by Gasteiger charge is -2.38. The van der Waals surface area contributed by atoms with Crippen molar-refractivity contribution >= 4 is 17.7 Å². The largest absolute Gasteiger partial charge is 0.352 e. The first kappa shape index (κ1) is 19.9. The molecule has 6 nitrogen and oxygen atoms in total. The SMILES string of the molecule is O=C(CN1CCC2(CCC1=O)CCC(=O)N2Cc1ccccc1)NC1CCCC1. The zero-order valence-electron chi connectivity index (χ0n) is 17.1. The number of nitrogens with one attached hydrogen (secondary N) is 1. The van der Waals surface area contributed by atoms with E-state index in [0.29, 0.717) is 32.4 Å². The second kappa shape index (κ2) is 8.56. The summed E-state index contributed by atoms with van der Waals surface area (Å²) in [5.74, 6) is 0.154. The van der Waals surface area contributed by atoms with Gasteiger partial charge in [-0.15, -0.1) is 0 Å². The van der Waals surface area contributed by atoms with Gasteiger partial charge in [0.1, 0.15) is 0 Å². The van der Waals surface area contributed by atoms with Crippen molar-refractivity contribution in [2.45, 2.75) is 75.9 Å². The highest BCUT2D eigenvalue weighted by molar-refractivity contribution is 5.85. The molecule has 1 N–H and O–H groups in total. The molecule has 3 amide bonds. The summed E-state index contributed by atoms with van der Waals surface area (Å²) in [6.07, 6.45) is 7.59. The fraction of sp³-hybridized carbons (Fsp3) is 0.609. The Bertz CT molecular complexity index is 760. The van der Waals surface area contributed by atoms with Crippen LogP contribution in [0.15, 0.2) is 30.3 Å². The summed E-state index contributed by atoms with van der Waals surface area (Å²) in [7, 11) is 0. The van der Waals surface area contributed by atoms with E-state index in [0.717, 1.165) is 31.2 Å². The van der Waals surface area contributed by atoms with E-state index >= 15 is 0 Å². The highest BCUT2D eigenvalue weighted by Gasteiger charge is 2.46. The number of hydrogen-bond acceptors (Lipinski definition) is 3. The Balaban J connectivity index is 1.41. The number of benzene rings is 1. The van der Waals surface area contributed by atoms with Crippen molar-refractivity contribution in [3.05, 3.63) is 35.9 Å². The molecule has 1 atom stereocenters. The van der Waals surface area contributed by atoms with Crippen molar-refractivity contribution in [1.29, 1.82) is 0 Å². The Morgan fingerprint density at radius 3 is 2.41 bits per heavy atom. The molecule has 0 aromatic heterocycles. The van der Waals surface area contributed by atoms with Gasteiger partial charge in [0.15, 0.2) is 0 Å². The van der Waals surface area contributed by atoms with E-state index in [4.69, 9.17) is 0 Å².